The Balaban J connectivity index is 2.24. The Morgan fingerprint density at radius 2 is 2.30 bits per heavy atom. The Labute approximate surface area is 120 Å². The first-order valence-corrected chi connectivity index (χ1v) is 6.10. The number of H-pyrrole nitrogens is 1. The zero-order chi connectivity index (χ0) is 14.7. The van der Waals surface area contributed by atoms with Crippen LogP contribution in [-0.2, 0) is 0 Å². The van der Waals surface area contributed by atoms with Crippen molar-refractivity contribution in [2.24, 2.45) is 10.9 Å². The minimum absolute atomic E-state index is 0.116. The number of oxime groups is 1. The van der Waals surface area contributed by atoms with Gasteiger partial charge in [-0.15, -0.1) is 0 Å². The third-order valence-electron chi connectivity index (χ3n) is 2.44. The highest BCUT2D eigenvalue weighted by atomic mass is 79.9. The molecule has 5 N–H and O–H groups in total. The second-order valence-electron chi connectivity index (χ2n) is 3.73. The molecule has 1 aromatic carbocycles. The van der Waals surface area contributed by atoms with Crippen LogP contribution < -0.4 is 11.1 Å². The molecule has 0 aliphatic rings. The van der Waals surface area contributed by atoms with Crippen LogP contribution in [0.2, 0.25) is 0 Å². The van der Waals surface area contributed by atoms with E-state index in [0.717, 1.165) is 6.07 Å². The number of carbonyl (C=O) groups is 1. The SMILES string of the molecule is NC(=NO)c1cn[nH]c1NC(=O)c1ccc(Br)c(F)c1. The van der Waals surface area contributed by atoms with Crippen LogP contribution in [0.1, 0.15) is 15.9 Å². The highest BCUT2D eigenvalue weighted by molar-refractivity contribution is 9.10. The normalized spacial score (nSPS) is 11.4. The molecule has 9 heteroatoms. The van der Waals surface area contributed by atoms with E-state index in [1.54, 1.807) is 0 Å². The van der Waals surface area contributed by atoms with Crippen molar-refractivity contribution in [1.82, 2.24) is 10.2 Å². The van der Waals surface area contributed by atoms with E-state index in [2.05, 4.69) is 36.6 Å². The van der Waals surface area contributed by atoms with Crippen molar-refractivity contribution in [3.8, 4) is 0 Å². The summed E-state index contributed by atoms with van der Waals surface area (Å²) in [5.41, 5.74) is 5.76. The maximum absolute atomic E-state index is 13.4. The molecular formula is C11H9BrFN5O2. The number of carbonyl (C=O) groups excluding carboxylic acids is 1. The van der Waals surface area contributed by atoms with Crippen molar-refractivity contribution in [2.75, 3.05) is 5.32 Å². The molecule has 2 aromatic rings. The molecule has 2 rings (SSSR count). The number of amides is 1. The molecule has 0 saturated carbocycles. The van der Waals surface area contributed by atoms with Crippen LogP contribution in [0.5, 0.6) is 0 Å². The summed E-state index contributed by atoms with van der Waals surface area (Å²) in [7, 11) is 0. The second-order valence-corrected chi connectivity index (χ2v) is 4.58. The summed E-state index contributed by atoms with van der Waals surface area (Å²) in [6.45, 7) is 0. The molecule has 0 saturated heterocycles. The first-order valence-electron chi connectivity index (χ1n) is 5.30. The van der Waals surface area contributed by atoms with E-state index in [4.69, 9.17) is 10.9 Å². The maximum Gasteiger partial charge on any atom is 0.256 e. The molecular weight excluding hydrogens is 333 g/mol. The van der Waals surface area contributed by atoms with E-state index >= 15 is 0 Å². The van der Waals surface area contributed by atoms with Gasteiger partial charge in [0, 0.05) is 5.56 Å². The van der Waals surface area contributed by atoms with E-state index in [1.165, 1.54) is 18.3 Å². The highest BCUT2D eigenvalue weighted by Crippen LogP contribution is 2.18. The van der Waals surface area contributed by atoms with Crippen molar-refractivity contribution < 1.29 is 14.4 Å². The number of aromatic amines is 1. The van der Waals surface area contributed by atoms with Gasteiger partial charge in [0.05, 0.1) is 16.2 Å². The Morgan fingerprint density at radius 3 is 2.95 bits per heavy atom. The number of nitrogens with one attached hydrogen (secondary N) is 2. The van der Waals surface area contributed by atoms with Crippen molar-refractivity contribution in [3.05, 3.63) is 45.8 Å². The Hall–Kier alpha value is -2.42. The van der Waals surface area contributed by atoms with E-state index in [1.807, 2.05) is 0 Å². The maximum atomic E-state index is 13.4. The summed E-state index contributed by atoms with van der Waals surface area (Å²) in [5, 5.41) is 20.0. The summed E-state index contributed by atoms with van der Waals surface area (Å²) in [6, 6.07) is 3.95. The lowest BCUT2D eigenvalue weighted by Crippen LogP contribution is -2.18. The van der Waals surface area contributed by atoms with Gasteiger partial charge in [0.2, 0.25) is 0 Å². The van der Waals surface area contributed by atoms with Crippen molar-refractivity contribution in [1.29, 1.82) is 0 Å². The molecule has 0 atom stereocenters. The lowest BCUT2D eigenvalue weighted by Gasteiger charge is -2.05. The van der Waals surface area contributed by atoms with Crippen LogP contribution >= 0.6 is 15.9 Å². The van der Waals surface area contributed by atoms with Gasteiger partial charge in [-0.05, 0) is 34.1 Å². The fourth-order valence-electron chi connectivity index (χ4n) is 1.45. The Bertz CT molecular complexity index is 685. The predicted molar refractivity (Wildman–Crippen MR) is 73.2 cm³/mol. The number of benzene rings is 1. The Kier molecular flexibility index (Phi) is 3.99. The quantitative estimate of drug-likeness (QED) is 0.294. The molecule has 20 heavy (non-hydrogen) atoms. The summed E-state index contributed by atoms with van der Waals surface area (Å²) < 4.78 is 13.6. The number of hydrogen-bond donors (Lipinski definition) is 4. The zero-order valence-electron chi connectivity index (χ0n) is 9.89. The third kappa shape index (κ3) is 2.77. The van der Waals surface area contributed by atoms with Gasteiger partial charge in [-0.2, -0.15) is 5.10 Å². The van der Waals surface area contributed by atoms with Gasteiger partial charge < -0.3 is 16.3 Å². The minimum atomic E-state index is -0.562. The van der Waals surface area contributed by atoms with E-state index in [-0.39, 0.29) is 27.3 Å². The number of nitrogens with two attached hydrogens (primary N) is 1. The lowest BCUT2D eigenvalue weighted by molar-refractivity contribution is 0.102. The summed E-state index contributed by atoms with van der Waals surface area (Å²) >= 11 is 3.00. The Morgan fingerprint density at radius 1 is 1.55 bits per heavy atom. The number of aromatic nitrogens is 2. The minimum Gasteiger partial charge on any atom is -0.409 e. The number of nitrogens with zero attached hydrogens (tertiary/aromatic N) is 2. The molecule has 0 spiro atoms. The third-order valence-corrected chi connectivity index (χ3v) is 3.09. The summed E-state index contributed by atoms with van der Waals surface area (Å²) in [5.74, 6) is -1.18. The van der Waals surface area contributed by atoms with E-state index in [9.17, 15) is 9.18 Å². The van der Waals surface area contributed by atoms with E-state index < -0.39 is 11.7 Å². The van der Waals surface area contributed by atoms with Crippen LogP contribution in [0.25, 0.3) is 0 Å². The van der Waals surface area contributed by atoms with Crippen LogP contribution in [0.15, 0.2) is 34.0 Å². The highest BCUT2D eigenvalue weighted by Gasteiger charge is 2.14. The molecule has 7 nitrogen and oxygen atoms in total. The summed E-state index contributed by atoms with van der Waals surface area (Å²) in [4.78, 5) is 12.0. The molecule has 0 unspecified atom stereocenters. The van der Waals surface area contributed by atoms with Crippen molar-refractivity contribution in [3.63, 3.8) is 0 Å². The van der Waals surface area contributed by atoms with Gasteiger partial charge in [0.1, 0.15) is 11.6 Å². The van der Waals surface area contributed by atoms with Gasteiger partial charge in [0.25, 0.3) is 5.91 Å². The zero-order valence-corrected chi connectivity index (χ0v) is 11.5. The fraction of sp³-hybridized carbons (Fsp3) is 0. The molecule has 0 radical (unpaired) electrons. The number of rotatable bonds is 3. The monoisotopic (exact) mass is 341 g/mol. The van der Waals surface area contributed by atoms with E-state index in [0.29, 0.717) is 0 Å². The molecule has 104 valence electrons. The molecule has 0 bridgehead atoms. The van der Waals surface area contributed by atoms with Crippen molar-refractivity contribution in [2.45, 2.75) is 0 Å². The van der Waals surface area contributed by atoms with Crippen LogP contribution in [0, 0.1) is 5.82 Å². The average Bonchev–Trinajstić information content (AvgIpc) is 2.89. The van der Waals surface area contributed by atoms with Gasteiger partial charge in [-0.3, -0.25) is 9.89 Å². The van der Waals surface area contributed by atoms with Gasteiger partial charge >= 0.3 is 0 Å². The molecule has 1 amide bonds. The molecule has 1 heterocycles. The number of anilines is 1. The topological polar surface area (TPSA) is 116 Å². The lowest BCUT2D eigenvalue weighted by atomic mass is 10.2. The smallest absolute Gasteiger partial charge is 0.256 e. The van der Waals surface area contributed by atoms with Gasteiger partial charge in [0.15, 0.2) is 5.84 Å². The number of halogens is 2. The van der Waals surface area contributed by atoms with Gasteiger partial charge in [-0.1, -0.05) is 5.16 Å². The van der Waals surface area contributed by atoms with Gasteiger partial charge in [-0.25, -0.2) is 4.39 Å². The first-order chi connectivity index (χ1) is 9.52. The predicted octanol–water partition coefficient (Wildman–Crippen LogP) is 1.66. The van der Waals surface area contributed by atoms with Crippen LogP contribution in [0.4, 0.5) is 10.2 Å². The number of amidine groups is 1. The second kappa shape index (κ2) is 5.70. The van der Waals surface area contributed by atoms with Crippen LogP contribution in [0.3, 0.4) is 0 Å². The molecule has 0 aliphatic heterocycles. The first kappa shape index (κ1) is 14.0. The summed E-state index contributed by atoms with van der Waals surface area (Å²) in [6.07, 6.45) is 1.28. The molecule has 0 fully saturated rings. The van der Waals surface area contributed by atoms with Crippen molar-refractivity contribution >= 4 is 33.5 Å². The largest absolute Gasteiger partial charge is 0.409 e. The standard InChI is InChI=1S/C11H9BrFN5O2/c12-7-2-1-5(3-8(7)13)11(19)16-10-6(4-15-17-10)9(14)18-20/h1-4,20H,(H2,14,18)(H2,15,16,17,19). The van der Waals surface area contributed by atoms with Crippen LogP contribution in [-0.4, -0.2) is 27.1 Å². The average molecular weight is 342 g/mol. The fourth-order valence-corrected chi connectivity index (χ4v) is 1.70. The molecule has 0 aliphatic carbocycles. The molecule has 1 aromatic heterocycles. The number of hydrogen-bond acceptors (Lipinski definition) is 4.